The largest absolute Gasteiger partial charge is 0.352 e. The minimum Gasteiger partial charge on any atom is -0.352 e. The van der Waals surface area contributed by atoms with Gasteiger partial charge >= 0.3 is 0 Å². The first-order valence-corrected chi connectivity index (χ1v) is 5.81. The lowest BCUT2D eigenvalue weighted by Crippen LogP contribution is -2.19. The van der Waals surface area contributed by atoms with Crippen LogP contribution in [-0.4, -0.2) is 22.0 Å². The van der Waals surface area contributed by atoms with Crippen LogP contribution < -0.4 is 4.90 Å². The molecule has 5 heteroatoms. The van der Waals surface area contributed by atoms with Crippen LogP contribution in [0.2, 0.25) is 0 Å². The molecule has 2 heterocycles. The molecule has 0 spiro atoms. The Morgan fingerprint density at radius 2 is 2.12 bits per heavy atom. The number of hydrogen-bond donors (Lipinski definition) is 0. The van der Waals surface area contributed by atoms with E-state index in [4.69, 9.17) is 11.6 Å². The molecule has 0 fully saturated rings. The SMILES string of the molecule is CN(Cc1ccccn1)c1cncc(CCl)n1. The highest BCUT2D eigenvalue weighted by Gasteiger charge is 2.05. The standard InChI is InChI=1S/C12H13ClN4/c1-17(9-10-4-2-3-5-15-10)12-8-14-7-11(6-13)16-12/h2-5,7-8H,6,9H2,1H3. The summed E-state index contributed by atoms with van der Waals surface area (Å²) < 4.78 is 0. The Morgan fingerprint density at radius 3 is 2.82 bits per heavy atom. The Balaban J connectivity index is 2.11. The van der Waals surface area contributed by atoms with Crippen LogP contribution in [0.5, 0.6) is 0 Å². The minimum atomic E-state index is 0.373. The quantitative estimate of drug-likeness (QED) is 0.779. The summed E-state index contributed by atoms with van der Waals surface area (Å²) in [7, 11) is 1.96. The van der Waals surface area contributed by atoms with Crippen LogP contribution in [0, 0.1) is 0 Å². The van der Waals surface area contributed by atoms with Crippen molar-refractivity contribution in [3.63, 3.8) is 0 Å². The van der Waals surface area contributed by atoms with E-state index in [0.717, 1.165) is 17.2 Å². The zero-order chi connectivity index (χ0) is 12.1. The maximum absolute atomic E-state index is 5.73. The predicted octanol–water partition coefficient (Wildman–Crippen LogP) is 2.25. The summed E-state index contributed by atoms with van der Waals surface area (Å²) in [6.07, 6.45) is 5.17. The third-order valence-corrected chi connectivity index (χ3v) is 2.60. The molecule has 0 aliphatic rings. The Hall–Kier alpha value is -1.68. The average Bonchev–Trinajstić information content (AvgIpc) is 2.40. The number of alkyl halides is 1. The number of hydrogen-bond acceptors (Lipinski definition) is 4. The van der Waals surface area contributed by atoms with E-state index in [9.17, 15) is 0 Å². The van der Waals surface area contributed by atoms with Gasteiger partial charge < -0.3 is 4.90 Å². The Kier molecular flexibility index (Phi) is 3.88. The van der Waals surface area contributed by atoms with E-state index in [1.807, 2.05) is 30.1 Å². The van der Waals surface area contributed by atoms with Crippen molar-refractivity contribution in [1.82, 2.24) is 15.0 Å². The Morgan fingerprint density at radius 1 is 1.24 bits per heavy atom. The highest BCUT2D eigenvalue weighted by Crippen LogP contribution is 2.11. The molecule has 88 valence electrons. The second-order valence-electron chi connectivity index (χ2n) is 3.68. The van der Waals surface area contributed by atoms with Gasteiger partial charge in [0.05, 0.1) is 30.0 Å². The summed E-state index contributed by atoms with van der Waals surface area (Å²) in [5, 5.41) is 0. The van der Waals surface area contributed by atoms with E-state index in [0.29, 0.717) is 12.4 Å². The smallest absolute Gasteiger partial charge is 0.147 e. The first kappa shape index (κ1) is 11.8. The van der Waals surface area contributed by atoms with E-state index in [1.165, 1.54) is 0 Å². The van der Waals surface area contributed by atoms with Gasteiger partial charge in [0.25, 0.3) is 0 Å². The molecule has 0 amide bonds. The summed E-state index contributed by atoms with van der Waals surface area (Å²) in [5.41, 5.74) is 1.77. The number of pyridine rings is 1. The second kappa shape index (κ2) is 5.59. The van der Waals surface area contributed by atoms with Crippen LogP contribution in [0.25, 0.3) is 0 Å². The number of aromatic nitrogens is 3. The lowest BCUT2D eigenvalue weighted by atomic mass is 10.3. The van der Waals surface area contributed by atoms with Crippen molar-refractivity contribution in [3.8, 4) is 0 Å². The topological polar surface area (TPSA) is 41.9 Å². The van der Waals surface area contributed by atoms with Crippen LogP contribution in [0.1, 0.15) is 11.4 Å². The zero-order valence-electron chi connectivity index (χ0n) is 9.55. The highest BCUT2D eigenvalue weighted by molar-refractivity contribution is 6.16. The van der Waals surface area contributed by atoms with Crippen LogP contribution in [-0.2, 0) is 12.4 Å². The van der Waals surface area contributed by atoms with Gasteiger partial charge in [0.1, 0.15) is 5.82 Å². The molecular weight excluding hydrogens is 236 g/mol. The molecule has 0 unspecified atom stereocenters. The molecule has 4 nitrogen and oxygen atoms in total. The summed E-state index contributed by atoms with van der Waals surface area (Å²) >= 11 is 5.73. The van der Waals surface area contributed by atoms with Crippen molar-refractivity contribution in [2.75, 3.05) is 11.9 Å². The van der Waals surface area contributed by atoms with Crippen LogP contribution in [0.4, 0.5) is 5.82 Å². The molecule has 0 aliphatic carbocycles. The van der Waals surface area contributed by atoms with Crippen LogP contribution in [0.3, 0.4) is 0 Å². The van der Waals surface area contributed by atoms with Crippen molar-refractivity contribution in [3.05, 3.63) is 48.2 Å². The molecule has 0 bridgehead atoms. The summed E-state index contributed by atoms with van der Waals surface area (Å²) in [6.45, 7) is 0.696. The van der Waals surface area contributed by atoms with E-state index in [2.05, 4.69) is 15.0 Å². The fraction of sp³-hybridized carbons (Fsp3) is 0.250. The number of halogens is 1. The van der Waals surface area contributed by atoms with Gasteiger partial charge in [-0.25, -0.2) is 4.98 Å². The van der Waals surface area contributed by atoms with Crippen molar-refractivity contribution < 1.29 is 0 Å². The first-order valence-electron chi connectivity index (χ1n) is 5.27. The molecule has 0 saturated heterocycles. The number of anilines is 1. The lowest BCUT2D eigenvalue weighted by molar-refractivity contribution is 0.853. The molecule has 0 radical (unpaired) electrons. The van der Waals surface area contributed by atoms with Gasteiger partial charge in [-0.2, -0.15) is 0 Å². The van der Waals surface area contributed by atoms with Crippen molar-refractivity contribution >= 4 is 17.4 Å². The highest BCUT2D eigenvalue weighted by atomic mass is 35.5. The molecule has 0 N–H and O–H groups in total. The van der Waals surface area contributed by atoms with Gasteiger partial charge in [-0.3, -0.25) is 9.97 Å². The number of rotatable bonds is 4. The van der Waals surface area contributed by atoms with Crippen molar-refractivity contribution in [2.45, 2.75) is 12.4 Å². The molecule has 2 aromatic heterocycles. The summed E-state index contributed by atoms with van der Waals surface area (Å²) in [5.74, 6) is 1.17. The van der Waals surface area contributed by atoms with E-state index < -0.39 is 0 Å². The fourth-order valence-corrected chi connectivity index (χ4v) is 1.59. The van der Waals surface area contributed by atoms with Gasteiger partial charge in [0.15, 0.2) is 0 Å². The maximum atomic E-state index is 5.73. The first-order chi connectivity index (χ1) is 8.29. The fourth-order valence-electron chi connectivity index (χ4n) is 1.46. The second-order valence-corrected chi connectivity index (χ2v) is 3.95. The summed E-state index contributed by atoms with van der Waals surface area (Å²) in [4.78, 5) is 14.8. The molecule has 0 saturated carbocycles. The molecule has 17 heavy (non-hydrogen) atoms. The normalized spacial score (nSPS) is 10.2. The van der Waals surface area contributed by atoms with Gasteiger partial charge in [0, 0.05) is 19.4 Å². The van der Waals surface area contributed by atoms with E-state index >= 15 is 0 Å². The van der Waals surface area contributed by atoms with E-state index in [1.54, 1.807) is 18.6 Å². The number of nitrogens with zero attached hydrogens (tertiary/aromatic N) is 4. The van der Waals surface area contributed by atoms with Crippen LogP contribution >= 0.6 is 11.6 Å². The van der Waals surface area contributed by atoms with Gasteiger partial charge in [-0.05, 0) is 12.1 Å². The third kappa shape index (κ3) is 3.14. The van der Waals surface area contributed by atoms with Gasteiger partial charge in [0.2, 0.25) is 0 Å². The van der Waals surface area contributed by atoms with Gasteiger partial charge in [-0.1, -0.05) is 6.07 Å². The van der Waals surface area contributed by atoms with Crippen molar-refractivity contribution in [2.24, 2.45) is 0 Å². The average molecular weight is 249 g/mol. The van der Waals surface area contributed by atoms with E-state index in [-0.39, 0.29) is 0 Å². The molecule has 0 atom stereocenters. The molecular formula is C12H13ClN4. The maximum Gasteiger partial charge on any atom is 0.147 e. The Labute approximate surface area is 105 Å². The van der Waals surface area contributed by atoms with Crippen LogP contribution in [0.15, 0.2) is 36.8 Å². The molecule has 0 aliphatic heterocycles. The molecule has 2 rings (SSSR count). The predicted molar refractivity (Wildman–Crippen MR) is 67.9 cm³/mol. The molecule has 2 aromatic rings. The zero-order valence-corrected chi connectivity index (χ0v) is 10.3. The molecule has 0 aromatic carbocycles. The third-order valence-electron chi connectivity index (χ3n) is 2.33. The lowest BCUT2D eigenvalue weighted by Gasteiger charge is -2.17. The van der Waals surface area contributed by atoms with Crippen molar-refractivity contribution in [1.29, 1.82) is 0 Å². The minimum absolute atomic E-state index is 0.373. The summed E-state index contributed by atoms with van der Waals surface area (Å²) in [6, 6.07) is 5.85. The van der Waals surface area contributed by atoms with Gasteiger partial charge in [-0.15, -0.1) is 11.6 Å². The Bertz CT molecular complexity index is 475. The monoisotopic (exact) mass is 248 g/mol.